The zero-order valence-electron chi connectivity index (χ0n) is 7.80. The van der Waals surface area contributed by atoms with Gasteiger partial charge in [0.1, 0.15) is 0 Å². The Morgan fingerprint density at radius 2 is 2.00 bits per heavy atom. The van der Waals surface area contributed by atoms with Gasteiger partial charge in [0.05, 0.1) is 6.07 Å². The highest BCUT2D eigenvalue weighted by Crippen LogP contribution is 2.08. The van der Waals surface area contributed by atoms with E-state index in [2.05, 4.69) is 32.0 Å². The molecule has 11 heavy (non-hydrogen) atoms. The molecule has 0 aliphatic carbocycles. The van der Waals surface area contributed by atoms with Gasteiger partial charge in [0.15, 0.2) is 0 Å². The van der Waals surface area contributed by atoms with Crippen LogP contribution in [0, 0.1) is 11.3 Å². The smallest absolute Gasteiger partial charge is 0.0622 e. The van der Waals surface area contributed by atoms with E-state index in [0.29, 0.717) is 12.5 Å². The van der Waals surface area contributed by atoms with Crippen molar-refractivity contribution in [2.75, 3.05) is 14.1 Å². The average Bonchev–Trinajstić information content (AvgIpc) is 1.97. The molecular weight excluding hydrogens is 136 g/mol. The Balaban J connectivity index is 3.62. The molecule has 0 aromatic heterocycles. The fourth-order valence-corrected chi connectivity index (χ4v) is 1.23. The second kappa shape index (κ2) is 6.18. The summed E-state index contributed by atoms with van der Waals surface area (Å²) in [4.78, 5) is 2.21. The molecule has 0 saturated carbocycles. The van der Waals surface area contributed by atoms with Gasteiger partial charge in [-0.3, -0.25) is 0 Å². The van der Waals surface area contributed by atoms with Crippen LogP contribution in [0.3, 0.4) is 0 Å². The highest BCUT2D eigenvalue weighted by molar-refractivity contribution is 4.75. The van der Waals surface area contributed by atoms with Gasteiger partial charge in [-0.05, 0) is 26.9 Å². The summed E-state index contributed by atoms with van der Waals surface area (Å²) in [6.45, 7) is 2.18. The molecule has 1 atom stereocenters. The van der Waals surface area contributed by atoms with E-state index in [1.165, 1.54) is 12.8 Å². The molecule has 0 spiro atoms. The zero-order chi connectivity index (χ0) is 8.69. The minimum Gasteiger partial charge on any atom is -0.306 e. The number of nitrogens with zero attached hydrogens (tertiary/aromatic N) is 2. The van der Waals surface area contributed by atoms with Gasteiger partial charge in [-0.1, -0.05) is 13.3 Å². The highest BCUT2D eigenvalue weighted by atomic mass is 15.1. The molecule has 1 unspecified atom stereocenters. The Morgan fingerprint density at radius 1 is 1.36 bits per heavy atom. The molecule has 0 fully saturated rings. The third-order valence-corrected chi connectivity index (χ3v) is 1.94. The second-order valence-electron chi connectivity index (χ2n) is 3.10. The number of nitriles is 1. The fraction of sp³-hybridized carbons (Fsp3) is 0.889. The predicted molar refractivity (Wildman–Crippen MR) is 47.2 cm³/mol. The summed E-state index contributed by atoms with van der Waals surface area (Å²) >= 11 is 0. The molecule has 0 N–H and O–H groups in total. The number of hydrogen-bond donors (Lipinski definition) is 0. The molecule has 0 aromatic carbocycles. The minimum absolute atomic E-state index is 0.597. The van der Waals surface area contributed by atoms with Crippen molar-refractivity contribution < 1.29 is 0 Å². The van der Waals surface area contributed by atoms with Crippen LogP contribution in [-0.2, 0) is 0 Å². The number of hydrogen-bond acceptors (Lipinski definition) is 2. The SMILES string of the molecule is CCCC(CCC#N)N(C)C. The van der Waals surface area contributed by atoms with Gasteiger partial charge in [0.2, 0.25) is 0 Å². The predicted octanol–water partition coefficient (Wildman–Crippen LogP) is 2.02. The molecular formula is C9H18N2. The molecule has 0 radical (unpaired) electrons. The first-order chi connectivity index (χ1) is 5.22. The van der Waals surface area contributed by atoms with Crippen LogP contribution in [0.25, 0.3) is 0 Å². The summed E-state index contributed by atoms with van der Waals surface area (Å²) in [6, 6.07) is 2.78. The Morgan fingerprint density at radius 3 is 2.36 bits per heavy atom. The van der Waals surface area contributed by atoms with Crippen molar-refractivity contribution in [3.63, 3.8) is 0 Å². The first-order valence-corrected chi connectivity index (χ1v) is 4.25. The van der Waals surface area contributed by atoms with E-state index in [-0.39, 0.29) is 0 Å². The summed E-state index contributed by atoms with van der Waals surface area (Å²) < 4.78 is 0. The fourth-order valence-electron chi connectivity index (χ4n) is 1.23. The highest BCUT2D eigenvalue weighted by Gasteiger charge is 2.08. The van der Waals surface area contributed by atoms with Crippen molar-refractivity contribution in [2.45, 2.75) is 38.6 Å². The molecule has 64 valence electrons. The molecule has 2 nitrogen and oxygen atoms in total. The maximum Gasteiger partial charge on any atom is 0.0622 e. The molecule has 2 heteroatoms. The molecule has 0 aliphatic heterocycles. The molecule has 0 saturated heterocycles. The van der Waals surface area contributed by atoms with E-state index < -0.39 is 0 Å². The van der Waals surface area contributed by atoms with Crippen LogP contribution in [-0.4, -0.2) is 25.0 Å². The molecule has 0 amide bonds. The maximum absolute atomic E-state index is 8.40. The lowest BCUT2D eigenvalue weighted by Gasteiger charge is -2.22. The van der Waals surface area contributed by atoms with Crippen LogP contribution in [0.1, 0.15) is 32.6 Å². The van der Waals surface area contributed by atoms with Crippen LogP contribution in [0.5, 0.6) is 0 Å². The molecule has 0 aromatic rings. The largest absolute Gasteiger partial charge is 0.306 e. The van der Waals surface area contributed by atoms with E-state index in [9.17, 15) is 0 Å². The summed E-state index contributed by atoms with van der Waals surface area (Å²) in [5, 5.41) is 8.40. The third kappa shape index (κ3) is 4.80. The third-order valence-electron chi connectivity index (χ3n) is 1.94. The standard InChI is InChI=1S/C9H18N2/c1-4-6-9(11(2)3)7-5-8-10/h9H,4-7H2,1-3H3. The van der Waals surface area contributed by atoms with E-state index in [1.54, 1.807) is 0 Å². The van der Waals surface area contributed by atoms with Crippen LogP contribution in [0.2, 0.25) is 0 Å². The van der Waals surface area contributed by atoms with Gasteiger partial charge in [0.25, 0.3) is 0 Å². The van der Waals surface area contributed by atoms with E-state index in [0.717, 1.165) is 6.42 Å². The lowest BCUT2D eigenvalue weighted by atomic mass is 10.1. The number of rotatable bonds is 5. The Bertz CT molecular complexity index is 124. The quantitative estimate of drug-likeness (QED) is 0.605. The Kier molecular flexibility index (Phi) is 5.87. The van der Waals surface area contributed by atoms with Gasteiger partial charge in [-0.15, -0.1) is 0 Å². The van der Waals surface area contributed by atoms with Crippen LogP contribution >= 0.6 is 0 Å². The molecule has 0 aliphatic rings. The first kappa shape index (κ1) is 10.4. The Hall–Kier alpha value is -0.550. The van der Waals surface area contributed by atoms with Crippen molar-refractivity contribution in [2.24, 2.45) is 0 Å². The van der Waals surface area contributed by atoms with Gasteiger partial charge in [0, 0.05) is 12.5 Å². The van der Waals surface area contributed by atoms with E-state index >= 15 is 0 Å². The molecule has 0 bridgehead atoms. The van der Waals surface area contributed by atoms with Crippen LogP contribution < -0.4 is 0 Å². The van der Waals surface area contributed by atoms with Crippen molar-refractivity contribution in [1.82, 2.24) is 4.90 Å². The van der Waals surface area contributed by atoms with E-state index in [1.807, 2.05) is 0 Å². The average molecular weight is 154 g/mol. The monoisotopic (exact) mass is 154 g/mol. The van der Waals surface area contributed by atoms with Crippen LogP contribution in [0.4, 0.5) is 0 Å². The Labute approximate surface area is 69.8 Å². The molecule has 0 heterocycles. The molecule has 0 rings (SSSR count). The van der Waals surface area contributed by atoms with Crippen molar-refractivity contribution in [3.05, 3.63) is 0 Å². The maximum atomic E-state index is 8.40. The lowest BCUT2D eigenvalue weighted by Crippen LogP contribution is -2.27. The van der Waals surface area contributed by atoms with Crippen molar-refractivity contribution in [3.8, 4) is 6.07 Å². The van der Waals surface area contributed by atoms with Crippen molar-refractivity contribution >= 4 is 0 Å². The topological polar surface area (TPSA) is 27.0 Å². The van der Waals surface area contributed by atoms with Gasteiger partial charge in [-0.2, -0.15) is 5.26 Å². The zero-order valence-corrected chi connectivity index (χ0v) is 7.80. The van der Waals surface area contributed by atoms with Gasteiger partial charge in [-0.25, -0.2) is 0 Å². The summed E-state index contributed by atoms with van der Waals surface area (Å²) in [6.07, 6.45) is 4.10. The first-order valence-electron chi connectivity index (χ1n) is 4.25. The van der Waals surface area contributed by atoms with Gasteiger partial charge >= 0.3 is 0 Å². The lowest BCUT2D eigenvalue weighted by molar-refractivity contribution is 0.264. The van der Waals surface area contributed by atoms with E-state index in [4.69, 9.17) is 5.26 Å². The second-order valence-corrected chi connectivity index (χ2v) is 3.10. The normalized spacial score (nSPS) is 13.0. The summed E-state index contributed by atoms with van der Waals surface area (Å²) in [5.74, 6) is 0. The minimum atomic E-state index is 0.597. The van der Waals surface area contributed by atoms with Gasteiger partial charge < -0.3 is 4.90 Å². The van der Waals surface area contributed by atoms with Crippen LogP contribution in [0.15, 0.2) is 0 Å². The van der Waals surface area contributed by atoms with Crippen molar-refractivity contribution in [1.29, 1.82) is 5.26 Å². The summed E-state index contributed by atoms with van der Waals surface area (Å²) in [7, 11) is 4.16. The summed E-state index contributed by atoms with van der Waals surface area (Å²) in [5.41, 5.74) is 0.